The Hall–Kier alpha value is -1.74. The molecule has 1 unspecified atom stereocenters. The highest BCUT2D eigenvalue weighted by Gasteiger charge is 2.49. The van der Waals surface area contributed by atoms with Crippen molar-refractivity contribution in [3.63, 3.8) is 0 Å². The highest BCUT2D eigenvalue weighted by Crippen LogP contribution is 2.52. The molecule has 6 nitrogen and oxygen atoms in total. The van der Waals surface area contributed by atoms with Crippen molar-refractivity contribution in [1.29, 1.82) is 0 Å². The maximum absolute atomic E-state index is 11.5. The molecule has 2 aliphatic carbocycles. The zero-order valence-electron chi connectivity index (χ0n) is 12.7. The molecular formula is C16H23NO5. The molecule has 2 N–H and O–H groups in total. The topological polar surface area (TPSA) is 84.9 Å². The minimum absolute atomic E-state index is 0.0291. The lowest BCUT2D eigenvalue weighted by Crippen LogP contribution is -2.28. The van der Waals surface area contributed by atoms with E-state index in [1.807, 2.05) is 0 Å². The second kappa shape index (κ2) is 8.64. The number of amides is 1. The van der Waals surface area contributed by atoms with E-state index in [2.05, 4.69) is 17.2 Å². The van der Waals surface area contributed by atoms with Gasteiger partial charge in [-0.1, -0.05) is 0 Å². The van der Waals surface area contributed by atoms with Crippen LogP contribution in [0.1, 0.15) is 32.1 Å². The van der Waals surface area contributed by atoms with Gasteiger partial charge < -0.3 is 19.9 Å². The average Bonchev–Trinajstić information content (AvgIpc) is 3.10. The maximum Gasteiger partial charge on any atom is 0.407 e. The molecule has 0 spiro atoms. The van der Waals surface area contributed by atoms with Crippen LogP contribution in [0.2, 0.25) is 0 Å². The van der Waals surface area contributed by atoms with Crippen LogP contribution >= 0.6 is 0 Å². The third-order valence-electron chi connectivity index (χ3n) is 4.22. The standard InChI is InChI=1S/C16H23NO5/c18-15(19)7-9-21-10-8-17-16(20)22-11-14-12-5-3-1-2-4-6-13(12)14/h12-14H,3-11H2,(H,17,20)(H,18,19)/t12-,13+,14?. The van der Waals surface area contributed by atoms with Crippen molar-refractivity contribution in [2.45, 2.75) is 32.1 Å². The van der Waals surface area contributed by atoms with Crippen LogP contribution in [0.3, 0.4) is 0 Å². The van der Waals surface area contributed by atoms with Crippen molar-refractivity contribution in [2.75, 3.05) is 26.4 Å². The van der Waals surface area contributed by atoms with Crippen molar-refractivity contribution in [2.24, 2.45) is 17.8 Å². The summed E-state index contributed by atoms with van der Waals surface area (Å²) < 4.78 is 10.3. The van der Waals surface area contributed by atoms with Gasteiger partial charge in [-0.15, -0.1) is 11.8 Å². The zero-order chi connectivity index (χ0) is 15.8. The maximum atomic E-state index is 11.5. The first kappa shape index (κ1) is 16.6. The first-order valence-corrected chi connectivity index (χ1v) is 7.84. The molecule has 0 bridgehead atoms. The number of nitrogens with one attached hydrogen (secondary N) is 1. The SMILES string of the molecule is O=C(O)CCOCCNC(=O)OCC1[C@H]2CCC#CCC[C@@H]12. The fourth-order valence-electron chi connectivity index (χ4n) is 2.99. The predicted molar refractivity (Wildman–Crippen MR) is 79.1 cm³/mol. The van der Waals surface area contributed by atoms with Gasteiger partial charge in [0.1, 0.15) is 0 Å². The van der Waals surface area contributed by atoms with E-state index in [4.69, 9.17) is 14.6 Å². The van der Waals surface area contributed by atoms with Gasteiger partial charge in [-0.3, -0.25) is 4.79 Å². The fourth-order valence-corrected chi connectivity index (χ4v) is 2.99. The van der Waals surface area contributed by atoms with Crippen LogP contribution in [0.25, 0.3) is 0 Å². The van der Waals surface area contributed by atoms with Crippen LogP contribution in [-0.2, 0) is 14.3 Å². The Morgan fingerprint density at radius 1 is 1.14 bits per heavy atom. The molecule has 0 saturated heterocycles. The Morgan fingerprint density at radius 3 is 2.45 bits per heavy atom. The number of carboxylic acid groups (broad SMARTS) is 1. The van der Waals surface area contributed by atoms with Crippen LogP contribution in [-0.4, -0.2) is 43.5 Å². The number of carbonyl (C=O) groups is 2. The number of fused-ring (bicyclic) bond motifs is 1. The summed E-state index contributed by atoms with van der Waals surface area (Å²) in [4.78, 5) is 21.8. The van der Waals surface area contributed by atoms with E-state index >= 15 is 0 Å². The minimum atomic E-state index is -0.893. The quantitative estimate of drug-likeness (QED) is 0.526. The largest absolute Gasteiger partial charge is 0.481 e. The van der Waals surface area contributed by atoms with E-state index in [1.165, 1.54) is 0 Å². The Kier molecular flexibility index (Phi) is 6.53. The van der Waals surface area contributed by atoms with Crippen molar-refractivity contribution >= 4 is 12.1 Å². The summed E-state index contributed by atoms with van der Waals surface area (Å²) >= 11 is 0. The number of aliphatic carboxylic acids is 1. The predicted octanol–water partition coefficient (Wildman–Crippen LogP) is 1.64. The molecule has 1 saturated carbocycles. The van der Waals surface area contributed by atoms with E-state index < -0.39 is 12.1 Å². The van der Waals surface area contributed by atoms with Gasteiger partial charge in [0.2, 0.25) is 0 Å². The summed E-state index contributed by atoms with van der Waals surface area (Å²) in [6.07, 6.45) is 3.68. The summed E-state index contributed by atoms with van der Waals surface area (Å²) in [6, 6.07) is 0. The molecule has 0 radical (unpaired) electrons. The zero-order valence-corrected chi connectivity index (χ0v) is 12.7. The van der Waals surface area contributed by atoms with Crippen molar-refractivity contribution in [3.8, 4) is 11.8 Å². The van der Waals surface area contributed by atoms with E-state index in [1.54, 1.807) is 0 Å². The van der Waals surface area contributed by atoms with Crippen molar-refractivity contribution in [1.82, 2.24) is 5.32 Å². The van der Waals surface area contributed by atoms with Gasteiger partial charge in [0.05, 0.1) is 26.2 Å². The molecule has 0 aromatic heterocycles. The third kappa shape index (κ3) is 5.57. The minimum Gasteiger partial charge on any atom is -0.481 e. The second-order valence-electron chi connectivity index (χ2n) is 5.70. The lowest BCUT2D eigenvalue weighted by atomic mass is 10.1. The number of hydrogen-bond donors (Lipinski definition) is 2. The number of carbonyl (C=O) groups excluding carboxylic acids is 1. The molecule has 1 fully saturated rings. The summed E-state index contributed by atoms with van der Waals surface area (Å²) in [5.41, 5.74) is 0. The van der Waals surface area contributed by atoms with Crippen LogP contribution in [0.15, 0.2) is 0 Å². The molecule has 122 valence electrons. The molecule has 3 atom stereocenters. The summed E-state index contributed by atoms with van der Waals surface area (Å²) in [5, 5.41) is 11.0. The number of hydrogen-bond acceptors (Lipinski definition) is 4. The van der Waals surface area contributed by atoms with Gasteiger partial charge in [-0.25, -0.2) is 4.79 Å². The molecule has 0 aromatic rings. The monoisotopic (exact) mass is 309 g/mol. The summed E-state index contributed by atoms with van der Waals surface area (Å²) in [6.45, 7) is 1.23. The number of ether oxygens (including phenoxy) is 2. The van der Waals surface area contributed by atoms with Gasteiger partial charge >= 0.3 is 12.1 Å². The van der Waals surface area contributed by atoms with Crippen LogP contribution in [0, 0.1) is 29.6 Å². The number of alkyl carbamates (subject to hydrolysis) is 1. The molecule has 0 aromatic carbocycles. The van der Waals surface area contributed by atoms with E-state index in [0.29, 0.717) is 30.9 Å². The highest BCUT2D eigenvalue weighted by atomic mass is 16.5. The normalized spacial score (nSPS) is 25.7. The molecule has 6 heteroatoms. The Bertz CT molecular complexity index is 435. The fraction of sp³-hybridized carbons (Fsp3) is 0.750. The van der Waals surface area contributed by atoms with Gasteiger partial charge in [-0.05, 0) is 30.6 Å². The van der Waals surface area contributed by atoms with E-state index in [0.717, 1.165) is 25.7 Å². The molecule has 0 aliphatic heterocycles. The van der Waals surface area contributed by atoms with Crippen LogP contribution in [0.5, 0.6) is 0 Å². The molecule has 0 heterocycles. The molecule has 22 heavy (non-hydrogen) atoms. The smallest absolute Gasteiger partial charge is 0.407 e. The van der Waals surface area contributed by atoms with Crippen molar-refractivity contribution < 1.29 is 24.2 Å². The first-order chi connectivity index (χ1) is 10.7. The number of carboxylic acids is 1. The van der Waals surface area contributed by atoms with Gasteiger partial charge in [-0.2, -0.15) is 0 Å². The second-order valence-corrected chi connectivity index (χ2v) is 5.70. The van der Waals surface area contributed by atoms with E-state index in [9.17, 15) is 9.59 Å². The molecule has 2 rings (SSSR count). The summed E-state index contributed by atoms with van der Waals surface area (Å²) in [7, 11) is 0. The first-order valence-electron chi connectivity index (χ1n) is 7.84. The number of rotatable bonds is 8. The van der Waals surface area contributed by atoms with Crippen molar-refractivity contribution in [3.05, 3.63) is 0 Å². The van der Waals surface area contributed by atoms with Gasteiger partial charge in [0.15, 0.2) is 0 Å². The molecule has 1 amide bonds. The molecular weight excluding hydrogens is 286 g/mol. The Balaban J connectivity index is 1.49. The van der Waals surface area contributed by atoms with Gasteiger partial charge in [0, 0.05) is 19.4 Å². The lowest BCUT2D eigenvalue weighted by Gasteiger charge is -2.07. The average molecular weight is 309 g/mol. The van der Waals surface area contributed by atoms with Gasteiger partial charge in [0.25, 0.3) is 0 Å². The summed E-state index contributed by atoms with van der Waals surface area (Å²) in [5.74, 6) is 7.25. The van der Waals surface area contributed by atoms with Crippen LogP contribution in [0.4, 0.5) is 4.79 Å². The molecule has 2 aliphatic rings. The van der Waals surface area contributed by atoms with Crippen LogP contribution < -0.4 is 5.32 Å². The lowest BCUT2D eigenvalue weighted by molar-refractivity contribution is -0.138. The Morgan fingerprint density at radius 2 is 1.82 bits per heavy atom. The Labute approximate surface area is 130 Å². The highest BCUT2D eigenvalue weighted by molar-refractivity contribution is 5.67. The third-order valence-corrected chi connectivity index (χ3v) is 4.22. The van der Waals surface area contributed by atoms with E-state index in [-0.39, 0.29) is 19.6 Å².